The monoisotopic (exact) mass is 203 g/mol. The molecule has 0 saturated heterocycles. The number of nitrogens with two attached hydrogens (primary N) is 1. The maximum absolute atomic E-state index is 5.48. The number of aryl methyl sites for hydroxylation is 2. The molecule has 0 amide bonds. The zero-order chi connectivity index (χ0) is 10.7. The van der Waals surface area contributed by atoms with Crippen molar-refractivity contribution in [2.45, 2.75) is 19.3 Å². The van der Waals surface area contributed by atoms with E-state index in [2.05, 4.69) is 23.3 Å². The van der Waals surface area contributed by atoms with Crippen LogP contribution in [0.25, 0.3) is 10.9 Å². The SMILES string of the molecule is Cn1ncc2ccc(CCCCN)cc21. The molecule has 2 rings (SSSR count). The Bertz CT molecular complexity index is 445. The molecule has 1 heterocycles. The summed E-state index contributed by atoms with van der Waals surface area (Å²) in [5, 5.41) is 5.44. The second-order valence-corrected chi connectivity index (χ2v) is 3.91. The molecule has 1 aromatic carbocycles. The highest BCUT2D eigenvalue weighted by molar-refractivity contribution is 5.79. The van der Waals surface area contributed by atoms with E-state index in [0.29, 0.717) is 0 Å². The van der Waals surface area contributed by atoms with Gasteiger partial charge in [0, 0.05) is 12.4 Å². The van der Waals surface area contributed by atoms with E-state index in [4.69, 9.17) is 5.73 Å². The van der Waals surface area contributed by atoms with Gasteiger partial charge in [0.15, 0.2) is 0 Å². The quantitative estimate of drug-likeness (QED) is 0.771. The lowest BCUT2D eigenvalue weighted by Gasteiger charge is -2.01. The van der Waals surface area contributed by atoms with Gasteiger partial charge < -0.3 is 5.73 Å². The lowest BCUT2D eigenvalue weighted by atomic mass is 10.1. The Labute approximate surface area is 89.9 Å². The standard InChI is InChI=1S/C12H17N3/c1-15-12-8-10(4-2-3-7-13)5-6-11(12)9-14-15/h5-6,8-9H,2-4,7,13H2,1H3. The van der Waals surface area contributed by atoms with Crippen molar-refractivity contribution in [2.75, 3.05) is 6.54 Å². The molecule has 0 saturated carbocycles. The predicted octanol–water partition coefficient (Wildman–Crippen LogP) is 1.85. The third-order valence-electron chi connectivity index (χ3n) is 2.73. The van der Waals surface area contributed by atoms with Crippen LogP contribution in [0.2, 0.25) is 0 Å². The first kappa shape index (κ1) is 10.2. The molecule has 0 bridgehead atoms. The van der Waals surface area contributed by atoms with E-state index in [-0.39, 0.29) is 0 Å². The summed E-state index contributed by atoms with van der Waals surface area (Å²) < 4.78 is 1.92. The van der Waals surface area contributed by atoms with Crippen LogP contribution in [-0.4, -0.2) is 16.3 Å². The molecule has 2 N–H and O–H groups in total. The van der Waals surface area contributed by atoms with E-state index in [1.807, 2.05) is 17.9 Å². The predicted molar refractivity (Wildman–Crippen MR) is 62.7 cm³/mol. The van der Waals surface area contributed by atoms with Gasteiger partial charge in [-0.3, -0.25) is 4.68 Å². The molecule has 0 atom stereocenters. The fourth-order valence-electron chi connectivity index (χ4n) is 1.82. The highest BCUT2D eigenvalue weighted by Crippen LogP contribution is 2.16. The van der Waals surface area contributed by atoms with Crippen molar-refractivity contribution in [3.05, 3.63) is 30.0 Å². The normalized spacial score (nSPS) is 11.1. The summed E-state index contributed by atoms with van der Waals surface area (Å²) >= 11 is 0. The number of hydrogen-bond acceptors (Lipinski definition) is 2. The average Bonchev–Trinajstić information content (AvgIpc) is 2.61. The molecule has 2 aromatic rings. The van der Waals surface area contributed by atoms with E-state index < -0.39 is 0 Å². The largest absolute Gasteiger partial charge is 0.330 e. The van der Waals surface area contributed by atoms with Gasteiger partial charge >= 0.3 is 0 Å². The number of fused-ring (bicyclic) bond motifs is 1. The Morgan fingerprint density at radius 2 is 2.20 bits per heavy atom. The molecular weight excluding hydrogens is 186 g/mol. The highest BCUT2D eigenvalue weighted by atomic mass is 15.2. The summed E-state index contributed by atoms with van der Waals surface area (Å²) in [6.45, 7) is 0.786. The second-order valence-electron chi connectivity index (χ2n) is 3.91. The maximum atomic E-state index is 5.48. The highest BCUT2D eigenvalue weighted by Gasteiger charge is 2.00. The average molecular weight is 203 g/mol. The first-order valence-electron chi connectivity index (χ1n) is 5.42. The van der Waals surface area contributed by atoms with Crippen molar-refractivity contribution < 1.29 is 0 Å². The van der Waals surface area contributed by atoms with Crippen molar-refractivity contribution in [3.63, 3.8) is 0 Å². The maximum Gasteiger partial charge on any atom is 0.0681 e. The van der Waals surface area contributed by atoms with E-state index in [0.717, 1.165) is 19.4 Å². The Morgan fingerprint density at radius 1 is 1.33 bits per heavy atom. The van der Waals surface area contributed by atoms with E-state index >= 15 is 0 Å². The van der Waals surface area contributed by atoms with Gasteiger partial charge in [-0.1, -0.05) is 12.1 Å². The number of rotatable bonds is 4. The van der Waals surface area contributed by atoms with Gasteiger partial charge in [0.05, 0.1) is 11.7 Å². The zero-order valence-corrected chi connectivity index (χ0v) is 9.11. The molecule has 3 heteroatoms. The van der Waals surface area contributed by atoms with Crippen LogP contribution in [0.5, 0.6) is 0 Å². The van der Waals surface area contributed by atoms with Crippen LogP contribution in [0.15, 0.2) is 24.4 Å². The summed E-state index contributed by atoms with van der Waals surface area (Å²) in [6, 6.07) is 6.54. The van der Waals surface area contributed by atoms with Crippen molar-refractivity contribution in [1.29, 1.82) is 0 Å². The summed E-state index contributed by atoms with van der Waals surface area (Å²) in [4.78, 5) is 0. The number of hydrogen-bond donors (Lipinski definition) is 1. The van der Waals surface area contributed by atoms with Gasteiger partial charge in [0.25, 0.3) is 0 Å². The number of nitrogens with zero attached hydrogens (tertiary/aromatic N) is 2. The van der Waals surface area contributed by atoms with E-state index in [1.54, 1.807) is 0 Å². The van der Waals surface area contributed by atoms with Crippen molar-refractivity contribution in [1.82, 2.24) is 9.78 Å². The molecular formula is C12H17N3. The molecule has 0 unspecified atom stereocenters. The summed E-state index contributed by atoms with van der Waals surface area (Å²) in [5.41, 5.74) is 8.06. The minimum atomic E-state index is 0.786. The topological polar surface area (TPSA) is 43.8 Å². The van der Waals surface area contributed by atoms with E-state index in [9.17, 15) is 0 Å². The second kappa shape index (κ2) is 4.45. The fourth-order valence-corrected chi connectivity index (χ4v) is 1.82. The molecule has 0 aliphatic heterocycles. The van der Waals surface area contributed by atoms with Crippen molar-refractivity contribution >= 4 is 10.9 Å². The van der Waals surface area contributed by atoms with Crippen LogP contribution < -0.4 is 5.73 Å². The van der Waals surface area contributed by atoms with Gasteiger partial charge in [0.2, 0.25) is 0 Å². The molecule has 0 aliphatic rings. The minimum absolute atomic E-state index is 0.786. The molecule has 15 heavy (non-hydrogen) atoms. The summed E-state index contributed by atoms with van der Waals surface area (Å²) in [5.74, 6) is 0. The fraction of sp³-hybridized carbons (Fsp3) is 0.417. The minimum Gasteiger partial charge on any atom is -0.330 e. The smallest absolute Gasteiger partial charge is 0.0681 e. The van der Waals surface area contributed by atoms with Crippen LogP contribution in [0.4, 0.5) is 0 Å². The third kappa shape index (κ3) is 2.18. The van der Waals surface area contributed by atoms with Crippen LogP contribution >= 0.6 is 0 Å². The molecule has 0 fully saturated rings. The molecule has 3 nitrogen and oxygen atoms in total. The Kier molecular flexibility index (Phi) is 3.02. The van der Waals surface area contributed by atoms with Crippen LogP contribution in [0, 0.1) is 0 Å². The van der Waals surface area contributed by atoms with E-state index in [1.165, 1.54) is 22.9 Å². The van der Waals surface area contributed by atoms with Gasteiger partial charge in [-0.15, -0.1) is 0 Å². The molecule has 1 aromatic heterocycles. The summed E-state index contributed by atoms with van der Waals surface area (Å²) in [7, 11) is 1.98. The summed E-state index contributed by atoms with van der Waals surface area (Å²) in [6.07, 6.45) is 5.28. The lowest BCUT2D eigenvalue weighted by Crippen LogP contribution is -1.99. The number of benzene rings is 1. The molecule has 80 valence electrons. The molecule has 0 aliphatic carbocycles. The Morgan fingerprint density at radius 3 is 3.00 bits per heavy atom. The van der Waals surface area contributed by atoms with Crippen LogP contribution in [0.3, 0.4) is 0 Å². The van der Waals surface area contributed by atoms with Gasteiger partial charge in [0.1, 0.15) is 0 Å². The number of aromatic nitrogens is 2. The zero-order valence-electron chi connectivity index (χ0n) is 9.11. The van der Waals surface area contributed by atoms with Gasteiger partial charge in [-0.2, -0.15) is 5.10 Å². The van der Waals surface area contributed by atoms with Crippen LogP contribution in [-0.2, 0) is 13.5 Å². The first-order valence-corrected chi connectivity index (χ1v) is 5.42. The van der Waals surface area contributed by atoms with Gasteiger partial charge in [-0.05, 0) is 37.4 Å². The lowest BCUT2D eigenvalue weighted by molar-refractivity contribution is 0.744. The Hall–Kier alpha value is -1.35. The molecule has 0 spiro atoms. The van der Waals surface area contributed by atoms with Crippen LogP contribution in [0.1, 0.15) is 18.4 Å². The number of unbranched alkanes of at least 4 members (excludes halogenated alkanes) is 1. The van der Waals surface area contributed by atoms with Crippen molar-refractivity contribution in [2.24, 2.45) is 12.8 Å². The molecule has 0 radical (unpaired) electrons. The third-order valence-corrected chi connectivity index (χ3v) is 2.73. The first-order chi connectivity index (χ1) is 7.31. The van der Waals surface area contributed by atoms with Gasteiger partial charge in [-0.25, -0.2) is 0 Å². The Balaban J connectivity index is 2.18. The van der Waals surface area contributed by atoms with Crippen molar-refractivity contribution in [3.8, 4) is 0 Å².